The molecule has 0 bridgehead atoms. The van der Waals surface area contributed by atoms with E-state index < -0.39 is 0 Å². The molecule has 0 aromatic carbocycles. The molecule has 0 amide bonds. The van der Waals surface area contributed by atoms with Gasteiger partial charge in [0.15, 0.2) is 5.82 Å². The highest BCUT2D eigenvalue weighted by molar-refractivity contribution is 5.37. The van der Waals surface area contributed by atoms with E-state index in [1.165, 1.54) is 0 Å². The van der Waals surface area contributed by atoms with Gasteiger partial charge in [-0.15, -0.1) is 0 Å². The number of aromatic nitrogens is 2. The Morgan fingerprint density at radius 2 is 2.24 bits per heavy atom. The Kier molecular flexibility index (Phi) is 5.69. The standard InChI is InChI=1S/C12H22N4O/c1-4-7-17-12-9-14-8-11(15-12)16(3)10(2)5-6-13/h8-10H,4-7,13H2,1-3H3. The van der Waals surface area contributed by atoms with Crippen molar-refractivity contribution in [3.63, 3.8) is 0 Å². The number of hydrogen-bond acceptors (Lipinski definition) is 5. The minimum absolute atomic E-state index is 0.343. The number of hydrogen-bond donors (Lipinski definition) is 1. The maximum absolute atomic E-state index is 5.55. The summed E-state index contributed by atoms with van der Waals surface area (Å²) >= 11 is 0. The molecule has 0 aliphatic carbocycles. The molecule has 1 aromatic heterocycles. The highest BCUT2D eigenvalue weighted by atomic mass is 16.5. The summed E-state index contributed by atoms with van der Waals surface area (Å²) in [6.07, 6.45) is 5.27. The zero-order valence-corrected chi connectivity index (χ0v) is 10.9. The van der Waals surface area contributed by atoms with Gasteiger partial charge in [0.2, 0.25) is 5.88 Å². The Bertz CT molecular complexity index is 332. The summed E-state index contributed by atoms with van der Waals surface area (Å²) < 4.78 is 5.46. The molecule has 17 heavy (non-hydrogen) atoms. The van der Waals surface area contributed by atoms with Gasteiger partial charge in [-0.05, 0) is 26.3 Å². The summed E-state index contributed by atoms with van der Waals surface area (Å²) in [6.45, 7) is 5.52. The highest BCUT2D eigenvalue weighted by Gasteiger charge is 2.11. The van der Waals surface area contributed by atoms with Crippen LogP contribution in [0.3, 0.4) is 0 Å². The zero-order valence-electron chi connectivity index (χ0n) is 10.9. The van der Waals surface area contributed by atoms with Crippen LogP contribution in [0.5, 0.6) is 5.88 Å². The van der Waals surface area contributed by atoms with Crippen molar-refractivity contribution in [1.29, 1.82) is 0 Å². The first-order valence-corrected chi connectivity index (χ1v) is 6.06. The van der Waals surface area contributed by atoms with Gasteiger partial charge in [-0.3, -0.25) is 4.98 Å². The summed E-state index contributed by atoms with van der Waals surface area (Å²) in [5.41, 5.74) is 5.55. The van der Waals surface area contributed by atoms with Crippen molar-refractivity contribution in [1.82, 2.24) is 9.97 Å². The summed E-state index contributed by atoms with van der Waals surface area (Å²) in [5, 5.41) is 0. The van der Waals surface area contributed by atoms with Crippen LogP contribution in [0.15, 0.2) is 12.4 Å². The van der Waals surface area contributed by atoms with E-state index in [4.69, 9.17) is 10.5 Å². The van der Waals surface area contributed by atoms with Crippen LogP contribution in [-0.2, 0) is 0 Å². The lowest BCUT2D eigenvalue weighted by Gasteiger charge is -2.25. The fourth-order valence-corrected chi connectivity index (χ4v) is 1.45. The molecule has 1 atom stereocenters. The Morgan fingerprint density at radius 3 is 2.88 bits per heavy atom. The van der Waals surface area contributed by atoms with E-state index in [0.717, 1.165) is 18.7 Å². The van der Waals surface area contributed by atoms with E-state index in [1.807, 2.05) is 7.05 Å². The Labute approximate surface area is 103 Å². The van der Waals surface area contributed by atoms with Crippen molar-refractivity contribution in [3.8, 4) is 5.88 Å². The first kappa shape index (κ1) is 13.7. The second kappa shape index (κ2) is 7.06. The summed E-state index contributed by atoms with van der Waals surface area (Å²) in [5.74, 6) is 1.40. The van der Waals surface area contributed by atoms with Crippen molar-refractivity contribution in [2.45, 2.75) is 32.7 Å². The van der Waals surface area contributed by atoms with E-state index in [2.05, 4.69) is 28.7 Å². The molecule has 1 aromatic rings. The second-order valence-electron chi connectivity index (χ2n) is 4.10. The normalized spacial score (nSPS) is 12.2. The van der Waals surface area contributed by atoms with Crippen LogP contribution in [0.4, 0.5) is 5.82 Å². The number of nitrogens with two attached hydrogens (primary N) is 1. The average Bonchev–Trinajstić information content (AvgIpc) is 2.36. The predicted octanol–water partition coefficient (Wildman–Crippen LogP) is 1.44. The van der Waals surface area contributed by atoms with Crippen molar-refractivity contribution >= 4 is 5.82 Å². The molecule has 0 saturated carbocycles. The Hall–Kier alpha value is -1.36. The zero-order chi connectivity index (χ0) is 12.7. The van der Waals surface area contributed by atoms with Gasteiger partial charge in [-0.1, -0.05) is 6.92 Å². The first-order chi connectivity index (χ1) is 8.19. The maximum Gasteiger partial charge on any atom is 0.234 e. The number of anilines is 1. The van der Waals surface area contributed by atoms with Crippen LogP contribution in [0.25, 0.3) is 0 Å². The third-order valence-electron chi connectivity index (χ3n) is 2.66. The fourth-order valence-electron chi connectivity index (χ4n) is 1.45. The maximum atomic E-state index is 5.55. The molecule has 1 unspecified atom stereocenters. The molecule has 0 radical (unpaired) electrons. The third-order valence-corrected chi connectivity index (χ3v) is 2.66. The van der Waals surface area contributed by atoms with Crippen LogP contribution in [0.1, 0.15) is 26.7 Å². The van der Waals surface area contributed by atoms with Gasteiger partial charge in [-0.25, -0.2) is 0 Å². The fraction of sp³-hybridized carbons (Fsp3) is 0.667. The molecule has 1 heterocycles. The van der Waals surface area contributed by atoms with Crippen LogP contribution in [0.2, 0.25) is 0 Å². The topological polar surface area (TPSA) is 64.3 Å². The molecule has 5 heteroatoms. The molecule has 0 fully saturated rings. The van der Waals surface area contributed by atoms with Crippen LogP contribution < -0.4 is 15.4 Å². The van der Waals surface area contributed by atoms with E-state index in [-0.39, 0.29) is 0 Å². The lowest BCUT2D eigenvalue weighted by Crippen LogP contribution is -2.31. The van der Waals surface area contributed by atoms with Gasteiger partial charge in [0.05, 0.1) is 19.0 Å². The molecule has 0 aliphatic heterocycles. The van der Waals surface area contributed by atoms with Crippen LogP contribution >= 0.6 is 0 Å². The average molecular weight is 238 g/mol. The molecule has 5 nitrogen and oxygen atoms in total. The van der Waals surface area contributed by atoms with Gasteiger partial charge < -0.3 is 15.4 Å². The molecule has 0 saturated heterocycles. The monoisotopic (exact) mass is 238 g/mol. The second-order valence-corrected chi connectivity index (χ2v) is 4.10. The first-order valence-electron chi connectivity index (χ1n) is 6.06. The van der Waals surface area contributed by atoms with Gasteiger partial charge in [0, 0.05) is 13.1 Å². The largest absolute Gasteiger partial charge is 0.477 e. The van der Waals surface area contributed by atoms with Crippen molar-refractivity contribution < 1.29 is 4.74 Å². The molecule has 2 N–H and O–H groups in total. The number of ether oxygens (including phenoxy) is 1. The third kappa shape index (κ3) is 4.19. The van der Waals surface area contributed by atoms with Crippen molar-refractivity contribution in [3.05, 3.63) is 12.4 Å². The van der Waals surface area contributed by atoms with Gasteiger partial charge >= 0.3 is 0 Å². The van der Waals surface area contributed by atoms with Crippen molar-refractivity contribution in [2.75, 3.05) is 25.1 Å². The van der Waals surface area contributed by atoms with Crippen LogP contribution in [-0.4, -0.2) is 36.2 Å². The molecule has 0 aliphatic rings. The summed E-state index contributed by atoms with van der Waals surface area (Å²) in [4.78, 5) is 10.6. The van der Waals surface area contributed by atoms with E-state index in [0.29, 0.717) is 25.1 Å². The minimum atomic E-state index is 0.343. The lowest BCUT2D eigenvalue weighted by atomic mass is 10.2. The Morgan fingerprint density at radius 1 is 1.47 bits per heavy atom. The molecular weight excluding hydrogens is 216 g/mol. The molecule has 1 rings (SSSR count). The number of rotatable bonds is 7. The molecule has 96 valence electrons. The van der Waals surface area contributed by atoms with Gasteiger partial charge in [-0.2, -0.15) is 4.98 Å². The van der Waals surface area contributed by atoms with E-state index in [1.54, 1.807) is 12.4 Å². The van der Waals surface area contributed by atoms with Crippen molar-refractivity contribution in [2.24, 2.45) is 5.73 Å². The molecule has 0 spiro atoms. The SMILES string of the molecule is CCCOc1cncc(N(C)C(C)CCN)n1. The van der Waals surface area contributed by atoms with E-state index >= 15 is 0 Å². The number of nitrogens with zero attached hydrogens (tertiary/aromatic N) is 3. The Balaban J connectivity index is 2.69. The molecular formula is C12H22N4O. The summed E-state index contributed by atoms with van der Waals surface area (Å²) in [6, 6.07) is 0.343. The summed E-state index contributed by atoms with van der Waals surface area (Å²) in [7, 11) is 1.99. The highest BCUT2D eigenvalue weighted by Crippen LogP contribution is 2.15. The predicted molar refractivity (Wildman–Crippen MR) is 69.4 cm³/mol. The quantitative estimate of drug-likeness (QED) is 0.778. The minimum Gasteiger partial charge on any atom is -0.477 e. The van der Waals surface area contributed by atoms with Crippen LogP contribution in [0, 0.1) is 0 Å². The lowest BCUT2D eigenvalue weighted by molar-refractivity contribution is 0.304. The van der Waals surface area contributed by atoms with Gasteiger partial charge in [0.1, 0.15) is 0 Å². The smallest absolute Gasteiger partial charge is 0.234 e. The van der Waals surface area contributed by atoms with E-state index in [9.17, 15) is 0 Å². The van der Waals surface area contributed by atoms with Gasteiger partial charge in [0.25, 0.3) is 0 Å².